The van der Waals surface area contributed by atoms with Crippen molar-refractivity contribution in [2.75, 3.05) is 0 Å². The molecule has 0 amide bonds. The first-order chi connectivity index (χ1) is 7.61. The van der Waals surface area contributed by atoms with Crippen molar-refractivity contribution in [3.63, 3.8) is 0 Å². The first-order valence-electron chi connectivity index (χ1n) is 6.12. The van der Waals surface area contributed by atoms with E-state index in [1.807, 2.05) is 0 Å². The standard InChI is InChI=1S/C14H20Si2/c1-15(2)12-9-5-7-11-8-6-10-13(14(11)12)16(3)4/h5-10,15-16H,1-4H3. The molecular weight excluding hydrogens is 224 g/mol. The van der Waals surface area contributed by atoms with E-state index in [0.717, 1.165) is 0 Å². The van der Waals surface area contributed by atoms with E-state index in [0.29, 0.717) is 0 Å². The summed E-state index contributed by atoms with van der Waals surface area (Å²) in [7, 11) is -1.45. The van der Waals surface area contributed by atoms with Crippen LogP contribution in [0.3, 0.4) is 0 Å². The molecule has 0 N–H and O–H groups in total. The number of hydrogen-bond donors (Lipinski definition) is 0. The largest absolute Gasteiger partial charge is 0.0682 e. The molecule has 0 saturated heterocycles. The van der Waals surface area contributed by atoms with Gasteiger partial charge in [0.1, 0.15) is 0 Å². The molecule has 0 atom stereocenters. The minimum Gasteiger partial charge on any atom is -0.0682 e. The number of fused-ring (bicyclic) bond motifs is 1. The summed E-state index contributed by atoms with van der Waals surface area (Å²) in [5.41, 5.74) is 0. The highest BCUT2D eigenvalue weighted by Gasteiger charge is 2.11. The van der Waals surface area contributed by atoms with Crippen molar-refractivity contribution in [3.05, 3.63) is 36.4 Å². The Morgan fingerprint density at radius 2 is 1.12 bits per heavy atom. The molecule has 0 aromatic heterocycles. The predicted molar refractivity (Wildman–Crippen MR) is 81.0 cm³/mol. The normalized spacial score (nSPS) is 11.6. The number of hydrogen-bond acceptors (Lipinski definition) is 0. The van der Waals surface area contributed by atoms with Crippen LogP contribution in [0.5, 0.6) is 0 Å². The van der Waals surface area contributed by atoms with Crippen LogP contribution in [0, 0.1) is 0 Å². The molecule has 0 fully saturated rings. The van der Waals surface area contributed by atoms with Crippen LogP contribution in [0.15, 0.2) is 36.4 Å². The van der Waals surface area contributed by atoms with Crippen LogP contribution in [0.4, 0.5) is 0 Å². The minimum absolute atomic E-state index is 0.726. The molecule has 2 rings (SSSR count). The van der Waals surface area contributed by atoms with Crippen LogP contribution in [-0.4, -0.2) is 17.6 Å². The van der Waals surface area contributed by atoms with E-state index in [-0.39, 0.29) is 0 Å². The van der Waals surface area contributed by atoms with Crippen molar-refractivity contribution in [1.29, 1.82) is 0 Å². The molecule has 0 aliphatic rings. The van der Waals surface area contributed by atoms with Crippen molar-refractivity contribution in [2.45, 2.75) is 26.2 Å². The Kier molecular flexibility index (Phi) is 3.31. The van der Waals surface area contributed by atoms with Crippen molar-refractivity contribution < 1.29 is 0 Å². The zero-order valence-electron chi connectivity index (χ0n) is 10.6. The summed E-state index contributed by atoms with van der Waals surface area (Å²) in [4.78, 5) is 0. The summed E-state index contributed by atoms with van der Waals surface area (Å²) in [6, 6.07) is 13.7. The lowest BCUT2D eigenvalue weighted by Gasteiger charge is -2.15. The second-order valence-corrected chi connectivity index (χ2v) is 11.0. The maximum absolute atomic E-state index is 2.42. The molecule has 0 unspecified atom stereocenters. The van der Waals surface area contributed by atoms with Gasteiger partial charge in [0.15, 0.2) is 0 Å². The van der Waals surface area contributed by atoms with Gasteiger partial charge in [0.25, 0.3) is 0 Å². The molecule has 0 bridgehead atoms. The van der Waals surface area contributed by atoms with Crippen molar-refractivity contribution in [1.82, 2.24) is 0 Å². The Labute approximate surface area is 102 Å². The van der Waals surface area contributed by atoms with Crippen molar-refractivity contribution >= 4 is 38.7 Å². The number of rotatable bonds is 2. The zero-order chi connectivity index (χ0) is 11.7. The summed E-state index contributed by atoms with van der Waals surface area (Å²) in [5.74, 6) is 0. The SMILES string of the molecule is C[SiH](C)c1cccc2cccc([SiH](C)C)c12. The molecule has 0 saturated carbocycles. The lowest BCUT2D eigenvalue weighted by atomic mass is 10.1. The topological polar surface area (TPSA) is 0 Å². The molecule has 84 valence electrons. The highest BCUT2D eigenvalue weighted by Crippen LogP contribution is 2.11. The van der Waals surface area contributed by atoms with Gasteiger partial charge in [-0.3, -0.25) is 0 Å². The van der Waals surface area contributed by atoms with Crippen molar-refractivity contribution in [3.8, 4) is 0 Å². The molecule has 0 nitrogen and oxygen atoms in total. The van der Waals surface area contributed by atoms with Gasteiger partial charge in [-0.25, -0.2) is 0 Å². The first kappa shape index (κ1) is 11.6. The van der Waals surface area contributed by atoms with Gasteiger partial charge in [-0.1, -0.05) is 73.0 Å². The van der Waals surface area contributed by atoms with Crippen LogP contribution in [-0.2, 0) is 0 Å². The van der Waals surface area contributed by atoms with Gasteiger partial charge in [0.2, 0.25) is 0 Å². The highest BCUT2D eigenvalue weighted by atomic mass is 28.3. The zero-order valence-corrected chi connectivity index (χ0v) is 12.9. The predicted octanol–water partition coefficient (Wildman–Crippen LogP) is 2.23. The number of benzene rings is 2. The third-order valence-corrected chi connectivity index (χ3v) is 6.66. The van der Waals surface area contributed by atoms with Gasteiger partial charge in [-0.15, -0.1) is 0 Å². The van der Waals surface area contributed by atoms with E-state index < -0.39 is 17.6 Å². The molecule has 0 radical (unpaired) electrons. The first-order valence-corrected chi connectivity index (χ1v) is 11.9. The summed E-state index contributed by atoms with van der Waals surface area (Å²) in [6.45, 7) is 9.70. The molecule has 0 spiro atoms. The average Bonchev–Trinajstić information content (AvgIpc) is 2.27. The van der Waals surface area contributed by atoms with E-state index in [1.54, 1.807) is 15.8 Å². The molecule has 0 aliphatic carbocycles. The summed E-state index contributed by atoms with van der Waals surface area (Å²) in [6.07, 6.45) is 0. The minimum atomic E-state index is -0.726. The van der Waals surface area contributed by atoms with Gasteiger partial charge < -0.3 is 0 Å². The Hall–Kier alpha value is -0.866. The smallest absolute Gasteiger partial charge is 0.0655 e. The molecule has 2 aromatic carbocycles. The summed E-state index contributed by atoms with van der Waals surface area (Å²) < 4.78 is 0. The maximum Gasteiger partial charge on any atom is 0.0655 e. The van der Waals surface area contributed by atoms with Gasteiger partial charge in [0.05, 0.1) is 17.6 Å². The summed E-state index contributed by atoms with van der Waals surface area (Å²) >= 11 is 0. The second-order valence-electron chi connectivity index (χ2n) is 5.10. The Morgan fingerprint density at radius 1 is 0.688 bits per heavy atom. The van der Waals surface area contributed by atoms with Crippen molar-refractivity contribution in [2.24, 2.45) is 0 Å². The Balaban J connectivity index is 2.82. The van der Waals surface area contributed by atoms with Crippen LogP contribution in [0.25, 0.3) is 10.8 Å². The van der Waals surface area contributed by atoms with E-state index in [4.69, 9.17) is 0 Å². The van der Waals surface area contributed by atoms with Gasteiger partial charge >= 0.3 is 0 Å². The van der Waals surface area contributed by atoms with E-state index in [2.05, 4.69) is 62.6 Å². The van der Waals surface area contributed by atoms with Gasteiger partial charge in [-0.2, -0.15) is 0 Å². The van der Waals surface area contributed by atoms with Gasteiger partial charge in [0, 0.05) is 0 Å². The molecular formula is C14H20Si2. The summed E-state index contributed by atoms with van der Waals surface area (Å²) in [5, 5.41) is 6.33. The lowest BCUT2D eigenvalue weighted by Crippen LogP contribution is -2.32. The molecule has 2 heteroatoms. The molecule has 16 heavy (non-hydrogen) atoms. The van der Waals surface area contributed by atoms with Crippen LogP contribution >= 0.6 is 0 Å². The molecule has 0 heterocycles. The van der Waals surface area contributed by atoms with E-state index >= 15 is 0 Å². The Morgan fingerprint density at radius 3 is 1.50 bits per heavy atom. The fraction of sp³-hybridized carbons (Fsp3) is 0.286. The second kappa shape index (κ2) is 4.56. The third-order valence-electron chi connectivity index (χ3n) is 3.21. The lowest BCUT2D eigenvalue weighted by molar-refractivity contribution is 1.78. The monoisotopic (exact) mass is 244 g/mol. The van der Waals surface area contributed by atoms with Crippen LogP contribution in [0.1, 0.15) is 0 Å². The maximum atomic E-state index is 2.42. The average molecular weight is 244 g/mol. The van der Waals surface area contributed by atoms with Gasteiger partial charge in [-0.05, 0) is 10.8 Å². The third kappa shape index (κ3) is 1.99. The van der Waals surface area contributed by atoms with Crippen LogP contribution in [0.2, 0.25) is 26.2 Å². The van der Waals surface area contributed by atoms with Crippen LogP contribution < -0.4 is 10.4 Å². The fourth-order valence-electron chi connectivity index (χ4n) is 2.36. The fourth-order valence-corrected chi connectivity index (χ4v) is 5.34. The molecule has 0 aliphatic heterocycles. The van der Waals surface area contributed by atoms with E-state index in [9.17, 15) is 0 Å². The molecule has 2 aromatic rings. The Bertz CT molecular complexity index is 458. The van der Waals surface area contributed by atoms with E-state index in [1.165, 1.54) is 5.39 Å². The quantitative estimate of drug-likeness (QED) is 0.711. The highest BCUT2D eigenvalue weighted by molar-refractivity contribution is 6.78.